The summed E-state index contributed by atoms with van der Waals surface area (Å²) in [4.78, 5) is 0. The Labute approximate surface area is 160 Å². The summed E-state index contributed by atoms with van der Waals surface area (Å²) in [6.07, 6.45) is 13.4. The zero-order valence-electron chi connectivity index (χ0n) is 15.1. The van der Waals surface area contributed by atoms with Crippen molar-refractivity contribution in [3.8, 4) is 0 Å². The van der Waals surface area contributed by atoms with Crippen molar-refractivity contribution < 1.29 is 38.7 Å². The molecule has 0 unspecified atom stereocenters. The molecule has 0 radical (unpaired) electrons. The van der Waals surface area contributed by atoms with Crippen LogP contribution in [0.1, 0.15) is 109 Å². The van der Waals surface area contributed by atoms with E-state index in [1.54, 1.807) is 0 Å². The Morgan fingerprint density at radius 1 is 0.458 bits per heavy atom. The summed E-state index contributed by atoms with van der Waals surface area (Å²) in [7, 11) is 0. The van der Waals surface area contributed by atoms with Crippen molar-refractivity contribution in [3.63, 3.8) is 0 Å². The fourth-order valence-electron chi connectivity index (χ4n) is 2.91. The summed E-state index contributed by atoms with van der Waals surface area (Å²) >= 11 is 0. The minimum atomic E-state index is -3.97. The quantitative estimate of drug-likeness (QED) is 0.186. The third kappa shape index (κ3) is 24.7. The summed E-state index contributed by atoms with van der Waals surface area (Å²) in [5.41, 5.74) is 0. The van der Waals surface area contributed by atoms with Crippen LogP contribution in [0.25, 0.3) is 0 Å². The van der Waals surface area contributed by atoms with Crippen LogP contribution in [0.15, 0.2) is 0 Å². The van der Waals surface area contributed by atoms with Gasteiger partial charge in [-0.05, 0) is 12.8 Å². The minimum absolute atomic E-state index is 0. The standard InChI is InChI=1S/C19H37F3O.Pd/c20-19(21,22)17-15-13-11-9-7-5-3-1-2-4-6-8-10-12-14-16-18-23;/h23H,1-18H2;. The maximum Gasteiger partial charge on any atom is 0.389 e. The van der Waals surface area contributed by atoms with Crippen molar-refractivity contribution in [1.29, 1.82) is 0 Å². The third-order valence-electron chi connectivity index (χ3n) is 4.37. The second kappa shape index (κ2) is 19.7. The molecule has 0 aromatic carbocycles. The summed E-state index contributed by atoms with van der Waals surface area (Å²) in [5.74, 6) is 0. The van der Waals surface area contributed by atoms with E-state index in [-0.39, 0.29) is 20.4 Å². The van der Waals surface area contributed by atoms with Gasteiger partial charge in [0, 0.05) is 33.5 Å². The van der Waals surface area contributed by atoms with Gasteiger partial charge in [-0.25, -0.2) is 0 Å². The molecule has 0 fully saturated rings. The first-order chi connectivity index (χ1) is 11.1. The molecular weight excluding hydrogens is 408 g/mol. The molecule has 0 heterocycles. The molecule has 0 aliphatic heterocycles. The Kier molecular flexibility index (Phi) is 21.9. The number of aliphatic hydroxyl groups is 1. The van der Waals surface area contributed by atoms with Crippen LogP contribution in [0, 0.1) is 0 Å². The molecule has 0 spiro atoms. The van der Waals surface area contributed by atoms with Crippen molar-refractivity contribution in [3.05, 3.63) is 0 Å². The van der Waals surface area contributed by atoms with Crippen LogP contribution in [0.3, 0.4) is 0 Å². The van der Waals surface area contributed by atoms with E-state index in [2.05, 4.69) is 0 Å². The predicted molar refractivity (Wildman–Crippen MR) is 91.6 cm³/mol. The predicted octanol–water partition coefficient (Wildman–Crippen LogP) is 7.17. The molecule has 0 rings (SSSR count). The maximum atomic E-state index is 11.9. The number of halogens is 3. The van der Waals surface area contributed by atoms with Crippen molar-refractivity contribution in [2.24, 2.45) is 0 Å². The second-order valence-electron chi connectivity index (χ2n) is 6.75. The topological polar surface area (TPSA) is 20.2 Å². The van der Waals surface area contributed by atoms with Crippen LogP contribution in [-0.2, 0) is 20.4 Å². The Bertz CT molecular complexity index is 235. The average molecular weight is 445 g/mol. The van der Waals surface area contributed by atoms with Gasteiger partial charge in [0.1, 0.15) is 0 Å². The van der Waals surface area contributed by atoms with Gasteiger partial charge in [-0.3, -0.25) is 0 Å². The van der Waals surface area contributed by atoms with Crippen LogP contribution < -0.4 is 0 Å². The molecule has 1 nitrogen and oxygen atoms in total. The molecule has 0 saturated carbocycles. The van der Waals surface area contributed by atoms with E-state index in [0.717, 1.165) is 32.1 Å². The van der Waals surface area contributed by atoms with Crippen LogP contribution in [0.4, 0.5) is 13.2 Å². The fraction of sp³-hybridized carbons (Fsp3) is 1.00. The van der Waals surface area contributed by atoms with Crippen molar-refractivity contribution in [1.82, 2.24) is 0 Å². The zero-order valence-corrected chi connectivity index (χ0v) is 16.7. The molecule has 0 aliphatic rings. The normalized spacial score (nSPS) is 11.5. The number of hydrogen-bond donors (Lipinski definition) is 1. The Hall–Kier alpha value is 0.412. The average Bonchev–Trinajstić information content (AvgIpc) is 2.49. The van der Waals surface area contributed by atoms with Crippen molar-refractivity contribution in [2.75, 3.05) is 6.61 Å². The monoisotopic (exact) mass is 444 g/mol. The smallest absolute Gasteiger partial charge is 0.389 e. The van der Waals surface area contributed by atoms with Gasteiger partial charge in [0.15, 0.2) is 0 Å². The Morgan fingerprint density at radius 3 is 0.958 bits per heavy atom. The first-order valence-corrected chi connectivity index (χ1v) is 9.74. The molecule has 150 valence electrons. The molecule has 0 aliphatic carbocycles. The molecular formula is C19H37F3OPd. The number of rotatable bonds is 17. The van der Waals surface area contributed by atoms with E-state index >= 15 is 0 Å². The molecule has 0 atom stereocenters. The van der Waals surface area contributed by atoms with Gasteiger partial charge in [0.2, 0.25) is 0 Å². The van der Waals surface area contributed by atoms with Gasteiger partial charge >= 0.3 is 6.18 Å². The van der Waals surface area contributed by atoms with Gasteiger partial charge in [-0.1, -0.05) is 89.9 Å². The molecule has 0 aromatic heterocycles. The Balaban J connectivity index is 0. The Morgan fingerprint density at radius 2 is 0.708 bits per heavy atom. The first kappa shape index (κ1) is 26.6. The molecule has 0 saturated heterocycles. The molecule has 0 aromatic rings. The van der Waals surface area contributed by atoms with Crippen LogP contribution in [-0.4, -0.2) is 17.9 Å². The third-order valence-corrected chi connectivity index (χ3v) is 4.37. The van der Waals surface area contributed by atoms with Gasteiger partial charge in [-0.15, -0.1) is 0 Å². The zero-order chi connectivity index (χ0) is 17.2. The van der Waals surface area contributed by atoms with E-state index < -0.39 is 12.6 Å². The van der Waals surface area contributed by atoms with Gasteiger partial charge in [0.25, 0.3) is 0 Å². The van der Waals surface area contributed by atoms with Gasteiger partial charge in [0.05, 0.1) is 0 Å². The molecule has 24 heavy (non-hydrogen) atoms. The van der Waals surface area contributed by atoms with Crippen LogP contribution in [0.2, 0.25) is 0 Å². The van der Waals surface area contributed by atoms with E-state index in [4.69, 9.17) is 5.11 Å². The minimum Gasteiger partial charge on any atom is -0.396 e. The largest absolute Gasteiger partial charge is 0.396 e. The van der Waals surface area contributed by atoms with Crippen LogP contribution >= 0.6 is 0 Å². The van der Waals surface area contributed by atoms with Gasteiger partial charge in [-0.2, -0.15) is 13.2 Å². The van der Waals surface area contributed by atoms with E-state index in [1.807, 2.05) is 0 Å². The van der Waals surface area contributed by atoms with Crippen molar-refractivity contribution >= 4 is 0 Å². The van der Waals surface area contributed by atoms with E-state index in [9.17, 15) is 13.2 Å². The number of hydrogen-bond acceptors (Lipinski definition) is 1. The number of aliphatic hydroxyl groups excluding tert-OH is 1. The summed E-state index contributed by atoms with van der Waals surface area (Å²) in [5, 5.41) is 8.67. The summed E-state index contributed by atoms with van der Waals surface area (Å²) in [6.45, 7) is 0.327. The van der Waals surface area contributed by atoms with Crippen molar-refractivity contribution in [2.45, 2.75) is 115 Å². The second-order valence-corrected chi connectivity index (χ2v) is 6.75. The first-order valence-electron chi connectivity index (χ1n) is 9.74. The molecule has 1 N–H and O–H groups in total. The number of alkyl halides is 3. The fourth-order valence-corrected chi connectivity index (χ4v) is 2.91. The van der Waals surface area contributed by atoms with E-state index in [1.165, 1.54) is 64.2 Å². The van der Waals surface area contributed by atoms with E-state index in [0.29, 0.717) is 13.0 Å². The maximum absolute atomic E-state index is 11.9. The molecule has 5 heteroatoms. The molecule has 0 amide bonds. The SMILES string of the molecule is OCCCCCCCCCCCCCCCCCCC(F)(F)F.[Pd]. The summed E-state index contributed by atoms with van der Waals surface area (Å²) < 4.78 is 35.8. The van der Waals surface area contributed by atoms with Crippen LogP contribution in [0.5, 0.6) is 0 Å². The number of unbranched alkanes of at least 4 members (excludes halogenated alkanes) is 15. The summed E-state index contributed by atoms with van der Waals surface area (Å²) in [6, 6.07) is 0. The molecule has 0 bridgehead atoms. The van der Waals surface area contributed by atoms with Gasteiger partial charge < -0.3 is 5.11 Å².